The van der Waals surface area contributed by atoms with Crippen molar-refractivity contribution >= 4 is 17.3 Å². The van der Waals surface area contributed by atoms with Gasteiger partial charge in [0, 0.05) is 24.7 Å². The Bertz CT molecular complexity index is 638. The Hall–Kier alpha value is -1.72. The Morgan fingerprint density at radius 2 is 2.14 bits per heavy atom. The first-order chi connectivity index (χ1) is 10.1. The number of carboxylic acid groups (broad SMARTS) is 1. The molecule has 1 saturated carbocycles. The number of nitrogens with zero attached hydrogens (tertiary/aromatic N) is 1. The maximum absolute atomic E-state index is 14.2. The summed E-state index contributed by atoms with van der Waals surface area (Å²) >= 11 is 1.65. The van der Waals surface area contributed by atoms with Gasteiger partial charge in [-0.05, 0) is 41.3 Å². The summed E-state index contributed by atoms with van der Waals surface area (Å²) < 4.78 is 14.2. The third kappa shape index (κ3) is 3.31. The zero-order valence-corrected chi connectivity index (χ0v) is 12.3. The molecule has 1 N–H and O–H groups in total. The van der Waals surface area contributed by atoms with Crippen molar-refractivity contribution in [2.24, 2.45) is 0 Å². The topological polar surface area (TPSA) is 40.5 Å². The van der Waals surface area contributed by atoms with Crippen LogP contribution in [-0.4, -0.2) is 22.0 Å². The van der Waals surface area contributed by atoms with E-state index in [1.807, 2.05) is 5.38 Å². The molecule has 2 aromatic rings. The van der Waals surface area contributed by atoms with Crippen LogP contribution < -0.4 is 0 Å². The molecule has 0 spiro atoms. The van der Waals surface area contributed by atoms with E-state index in [9.17, 15) is 9.18 Å². The van der Waals surface area contributed by atoms with Gasteiger partial charge in [-0.25, -0.2) is 9.18 Å². The summed E-state index contributed by atoms with van der Waals surface area (Å²) in [5.41, 5.74) is 1.43. The molecule has 0 atom stereocenters. The number of benzene rings is 1. The molecule has 1 fully saturated rings. The van der Waals surface area contributed by atoms with Gasteiger partial charge in [0.25, 0.3) is 0 Å². The number of hydrogen-bond donors (Lipinski definition) is 1. The molecule has 0 aliphatic heterocycles. The van der Waals surface area contributed by atoms with Crippen molar-refractivity contribution in [1.82, 2.24) is 4.90 Å². The van der Waals surface area contributed by atoms with Crippen molar-refractivity contribution in [3.8, 4) is 0 Å². The summed E-state index contributed by atoms with van der Waals surface area (Å²) in [5, 5.41) is 13.1. The monoisotopic (exact) mass is 305 g/mol. The molecule has 0 bridgehead atoms. The second-order valence-corrected chi connectivity index (χ2v) is 6.13. The van der Waals surface area contributed by atoms with Crippen LogP contribution in [0.3, 0.4) is 0 Å². The minimum Gasteiger partial charge on any atom is -0.478 e. The smallest absolute Gasteiger partial charge is 0.338 e. The van der Waals surface area contributed by atoms with Crippen LogP contribution in [-0.2, 0) is 13.1 Å². The van der Waals surface area contributed by atoms with Gasteiger partial charge in [-0.3, -0.25) is 4.90 Å². The number of thiophene rings is 1. The maximum Gasteiger partial charge on any atom is 0.338 e. The van der Waals surface area contributed by atoms with Crippen molar-refractivity contribution < 1.29 is 14.3 Å². The van der Waals surface area contributed by atoms with Gasteiger partial charge in [0.2, 0.25) is 0 Å². The molecule has 0 saturated heterocycles. The lowest BCUT2D eigenvalue weighted by atomic mass is 10.1. The lowest BCUT2D eigenvalue weighted by Crippen LogP contribution is -2.25. The van der Waals surface area contributed by atoms with Gasteiger partial charge >= 0.3 is 5.97 Å². The quantitative estimate of drug-likeness (QED) is 0.883. The second-order valence-electron chi connectivity index (χ2n) is 5.35. The molecular formula is C16H16FNO2S. The first-order valence-electron chi connectivity index (χ1n) is 6.91. The fraction of sp³-hybridized carbons (Fsp3) is 0.312. The van der Waals surface area contributed by atoms with Gasteiger partial charge in [0.05, 0.1) is 5.56 Å². The van der Waals surface area contributed by atoms with E-state index in [0.29, 0.717) is 18.2 Å². The van der Waals surface area contributed by atoms with E-state index < -0.39 is 11.8 Å². The lowest BCUT2D eigenvalue weighted by Gasteiger charge is -2.22. The molecule has 5 heteroatoms. The van der Waals surface area contributed by atoms with Gasteiger partial charge in [-0.1, -0.05) is 12.1 Å². The summed E-state index contributed by atoms with van der Waals surface area (Å²) in [6.07, 6.45) is 2.26. The highest BCUT2D eigenvalue weighted by Crippen LogP contribution is 2.31. The Labute approximate surface area is 126 Å². The summed E-state index contributed by atoms with van der Waals surface area (Å²) in [5.74, 6) is -1.83. The lowest BCUT2D eigenvalue weighted by molar-refractivity contribution is 0.0691. The molecule has 1 heterocycles. The van der Waals surface area contributed by atoms with Gasteiger partial charge < -0.3 is 5.11 Å². The van der Waals surface area contributed by atoms with Gasteiger partial charge in [-0.15, -0.1) is 0 Å². The van der Waals surface area contributed by atoms with Crippen molar-refractivity contribution in [3.63, 3.8) is 0 Å². The highest BCUT2D eigenvalue weighted by molar-refractivity contribution is 7.07. The summed E-state index contributed by atoms with van der Waals surface area (Å²) in [6.45, 7) is 1.23. The number of halogens is 1. The minimum absolute atomic E-state index is 0.251. The first kappa shape index (κ1) is 14.2. The normalized spacial score (nSPS) is 14.6. The minimum atomic E-state index is -1.22. The number of rotatable bonds is 6. The first-order valence-corrected chi connectivity index (χ1v) is 7.85. The van der Waals surface area contributed by atoms with E-state index in [4.69, 9.17) is 5.11 Å². The zero-order chi connectivity index (χ0) is 14.8. The van der Waals surface area contributed by atoms with E-state index in [-0.39, 0.29) is 5.56 Å². The van der Waals surface area contributed by atoms with Crippen molar-refractivity contribution in [3.05, 3.63) is 57.5 Å². The maximum atomic E-state index is 14.2. The summed E-state index contributed by atoms with van der Waals surface area (Å²) in [7, 11) is 0. The van der Waals surface area contributed by atoms with Gasteiger partial charge in [0.15, 0.2) is 0 Å². The fourth-order valence-corrected chi connectivity index (χ4v) is 3.12. The largest absolute Gasteiger partial charge is 0.478 e. The molecular weight excluding hydrogens is 289 g/mol. The molecule has 110 valence electrons. The van der Waals surface area contributed by atoms with Crippen LogP contribution in [0.4, 0.5) is 4.39 Å². The highest BCUT2D eigenvalue weighted by atomic mass is 32.1. The fourth-order valence-electron chi connectivity index (χ4n) is 2.46. The Kier molecular flexibility index (Phi) is 4.03. The van der Waals surface area contributed by atoms with Crippen LogP contribution in [0, 0.1) is 5.82 Å². The Balaban J connectivity index is 1.80. The Morgan fingerprint density at radius 3 is 2.76 bits per heavy atom. The predicted molar refractivity (Wildman–Crippen MR) is 79.9 cm³/mol. The highest BCUT2D eigenvalue weighted by Gasteiger charge is 2.30. The molecule has 0 radical (unpaired) electrons. The predicted octanol–water partition coefficient (Wildman–Crippen LogP) is 3.75. The molecule has 3 rings (SSSR count). The Morgan fingerprint density at radius 1 is 1.33 bits per heavy atom. The number of aromatic carboxylic acids is 1. The molecule has 21 heavy (non-hydrogen) atoms. The number of carboxylic acids is 1. The zero-order valence-electron chi connectivity index (χ0n) is 11.5. The molecule has 0 unspecified atom stereocenters. The third-order valence-electron chi connectivity index (χ3n) is 3.71. The molecule has 1 aliphatic carbocycles. The van der Waals surface area contributed by atoms with E-state index in [0.717, 1.165) is 19.4 Å². The molecule has 3 nitrogen and oxygen atoms in total. The van der Waals surface area contributed by atoms with Crippen LogP contribution in [0.15, 0.2) is 35.0 Å². The van der Waals surface area contributed by atoms with Crippen molar-refractivity contribution in [2.45, 2.75) is 32.0 Å². The molecule has 1 aromatic heterocycles. The number of carbonyl (C=O) groups is 1. The van der Waals surface area contributed by atoms with Crippen LogP contribution in [0.2, 0.25) is 0 Å². The molecule has 1 aliphatic rings. The van der Waals surface area contributed by atoms with E-state index in [2.05, 4.69) is 16.3 Å². The van der Waals surface area contributed by atoms with Gasteiger partial charge in [0.1, 0.15) is 5.82 Å². The average molecular weight is 305 g/mol. The van der Waals surface area contributed by atoms with E-state index in [1.54, 1.807) is 23.5 Å². The van der Waals surface area contributed by atoms with Crippen molar-refractivity contribution in [1.29, 1.82) is 0 Å². The van der Waals surface area contributed by atoms with Gasteiger partial charge in [-0.2, -0.15) is 11.3 Å². The van der Waals surface area contributed by atoms with E-state index in [1.165, 1.54) is 11.6 Å². The number of hydrogen-bond acceptors (Lipinski definition) is 3. The third-order valence-corrected chi connectivity index (χ3v) is 4.44. The van der Waals surface area contributed by atoms with Crippen LogP contribution in [0.25, 0.3) is 0 Å². The SMILES string of the molecule is O=C(O)c1cccc(CN(Cc2ccsc2)C2CC2)c1F. The van der Waals surface area contributed by atoms with Crippen LogP contribution in [0.1, 0.15) is 34.3 Å². The molecule has 0 amide bonds. The van der Waals surface area contributed by atoms with E-state index >= 15 is 0 Å². The average Bonchev–Trinajstić information content (AvgIpc) is 3.18. The van der Waals surface area contributed by atoms with Crippen LogP contribution in [0.5, 0.6) is 0 Å². The summed E-state index contributed by atoms with van der Waals surface area (Å²) in [6, 6.07) is 7.14. The molecule has 1 aromatic carbocycles. The standard InChI is InChI=1S/C16H16FNO2S/c17-15-12(2-1-3-14(15)16(19)20)9-18(13-4-5-13)8-11-6-7-21-10-11/h1-3,6-7,10,13H,4-5,8-9H2,(H,19,20). The van der Waals surface area contributed by atoms with Crippen LogP contribution >= 0.6 is 11.3 Å². The second kappa shape index (κ2) is 5.95. The van der Waals surface area contributed by atoms with Crippen molar-refractivity contribution in [2.75, 3.05) is 0 Å². The summed E-state index contributed by atoms with van der Waals surface area (Å²) in [4.78, 5) is 13.2.